The van der Waals surface area contributed by atoms with E-state index < -0.39 is 0 Å². The summed E-state index contributed by atoms with van der Waals surface area (Å²) in [4.78, 5) is 12.9. The molecule has 1 amide bonds. The summed E-state index contributed by atoms with van der Waals surface area (Å²) in [6.07, 6.45) is 0. The summed E-state index contributed by atoms with van der Waals surface area (Å²) in [5.74, 6) is 1.12. The lowest BCUT2D eigenvalue weighted by Crippen LogP contribution is -2.12. The minimum Gasteiger partial charge on any atom is -0.495 e. The van der Waals surface area contributed by atoms with Crippen molar-refractivity contribution in [1.29, 1.82) is 0 Å². The van der Waals surface area contributed by atoms with Crippen LogP contribution in [0, 0.1) is 0 Å². The molecule has 0 aliphatic rings. The van der Waals surface area contributed by atoms with E-state index in [-0.39, 0.29) is 11.8 Å². The van der Waals surface area contributed by atoms with Crippen molar-refractivity contribution >= 4 is 39.5 Å². The fraction of sp³-hybridized carbons (Fsp3) is 0.286. The Morgan fingerprint density at radius 1 is 1.39 bits per heavy atom. The van der Waals surface area contributed by atoms with E-state index in [1.165, 1.54) is 18.4 Å². The number of ether oxygens (including phenoxy) is 1. The average molecular weight is 352 g/mol. The molecule has 3 rings (SSSR count). The van der Waals surface area contributed by atoms with Crippen LogP contribution in [-0.4, -0.2) is 32.8 Å². The molecule has 0 saturated heterocycles. The first-order valence-corrected chi connectivity index (χ1v) is 8.06. The van der Waals surface area contributed by atoms with E-state index >= 15 is 0 Å². The predicted molar refractivity (Wildman–Crippen MR) is 88.7 cm³/mol. The molecule has 0 aliphatic carbocycles. The Bertz CT molecular complexity index is 873. The molecule has 23 heavy (non-hydrogen) atoms. The van der Waals surface area contributed by atoms with Gasteiger partial charge >= 0.3 is 0 Å². The smallest absolute Gasteiger partial charge is 0.286 e. The van der Waals surface area contributed by atoms with E-state index in [9.17, 15) is 4.79 Å². The first-order chi connectivity index (χ1) is 11.0. The highest BCUT2D eigenvalue weighted by Crippen LogP contribution is 2.27. The molecule has 0 unspecified atom stereocenters. The van der Waals surface area contributed by atoms with Gasteiger partial charge in [0.15, 0.2) is 5.82 Å². The highest BCUT2D eigenvalue weighted by atomic mass is 35.5. The summed E-state index contributed by atoms with van der Waals surface area (Å²) < 4.78 is 6.68. The lowest BCUT2D eigenvalue weighted by molar-refractivity contribution is 0.102. The third-order valence-electron chi connectivity index (χ3n) is 3.14. The summed E-state index contributed by atoms with van der Waals surface area (Å²) in [6, 6.07) is 5.02. The van der Waals surface area contributed by atoms with Crippen LogP contribution in [0.3, 0.4) is 0 Å². The Labute approximate surface area is 141 Å². The van der Waals surface area contributed by atoms with Gasteiger partial charge in [0, 0.05) is 11.6 Å². The molecule has 2 heterocycles. The van der Waals surface area contributed by atoms with E-state index in [1.54, 1.807) is 22.7 Å². The molecule has 0 fully saturated rings. The number of carbonyl (C=O) groups is 1. The van der Waals surface area contributed by atoms with Crippen LogP contribution in [0.5, 0.6) is 5.75 Å². The lowest BCUT2D eigenvalue weighted by Gasteiger charge is -2.06. The van der Waals surface area contributed by atoms with E-state index in [0.717, 1.165) is 5.82 Å². The minimum absolute atomic E-state index is 0.170. The van der Waals surface area contributed by atoms with Crippen LogP contribution in [0.25, 0.3) is 4.96 Å². The van der Waals surface area contributed by atoms with Gasteiger partial charge < -0.3 is 10.1 Å². The normalized spacial score (nSPS) is 11.2. The van der Waals surface area contributed by atoms with Gasteiger partial charge in [0.2, 0.25) is 9.97 Å². The number of anilines is 1. The first-order valence-electron chi connectivity index (χ1n) is 6.86. The second-order valence-corrected chi connectivity index (χ2v) is 6.48. The molecule has 2 aromatic heterocycles. The second kappa shape index (κ2) is 6.13. The molecule has 120 valence electrons. The Balaban J connectivity index is 1.84. The van der Waals surface area contributed by atoms with E-state index in [4.69, 9.17) is 16.3 Å². The van der Waals surface area contributed by atoms with Crippen molar-refractivity contribution < 1.29 is 9.53 Å². The first kappa shape index (κ1) is 15.7. The molecule has 7 nitrogen and oxygen atoms in total. The molecule has 0 saturated carbocycles. The van der Waals surface area contributed by atoms with Crippen LogP contribution in [0.4, 0.5) is 5.69 Å². The second-order valence-electron chi connectivity index (χ2n) is 5.12. The van der Waals surface area contributed by atoms with Crippen molar-refractivity contribution in [3.05, 3.63) is 34.1 Å². The van der Waals surface area contributed by atoms with Crippen LogP contribution < -0.4 is 10.1 Å². The zero-order valence-corrected chi connectivity index (χ0v) is 14.3. The minimum atomic E-state index is -0.323. The van der Waals surface area contributed by atoms with Gasteiger partial charge in [-0.1, -0.05) is 36.8 Å². The number of benzene rings is 1. The van der Waals surface area contributed by atoms with Crippen molar-refractivity contribution in [2.45, 2.75) is 19.8 Å². The molecule has 9 heteroatoms. The number of amides is 1. The number of fused-ring (bicyclic) bond motifs is 1. The SMILES string of the molecule is COc1ccc(NC(=O)c2nn3c(C(C)C)nnc3s2)cc1Cl. The largest absolute Gasteiger partial charge is 0.495 e. The van der Waals surface area contributed by atoms with Crippen LogP contribution in [0.1, 0.15) is 35.4 Å². The number of hydrogen-bond donors (Lipinski definition) is 1. The molecule has 0 atom stereocenters. The number of halogens is 1. The number of methoxy groups -OCH3 is 1. The molecular formula is C14H14ClN5O2S. The van der Waals surface area contributed by atoms with Gasteiger partial charge in [0.05, 0.1) is 12.1 Å². The van der Waals surface area contributed by atoms with Crippen molar-refractivity contribution in [1.82, 2.24) is 19.8 Å². The predicted octanol–water partition coefficient (Wildman–Crippen LogP) is 3.22. The standard InChI is InChI=1S/C14H14ClN5O2S/c1-7(2)11-17-18-14-20(11)19-13(23-14)12(21)16-8-4-5-10(22-3)9(15)6-8/h4-7H,1-3H3,(H,16,21). The molecule has 1 aromatic carbocycles. The van der Waals surface area contributed by atoms with Gasteiger partial charge in [0.1, 0.15) is 5.75 Å². The summed E-state index contributed by atoms with van der Waals surface area (Å²) >= 11 is 7.23. The van der Waals surface area contributed by atoms with Crippen molar-refractivity contribution in [3.63, 3.8) is 0 Å². The van der Waals surface area contributed by atoms with Crippen molar-refractivity contribution in [2.75, 3.05) is 12.4 Å². The molecule has 0 radical (unpaired) electrons. The quantitative estimate of drug-likeness (QED) is 0.780. The fourth-order valence-electron chi connectivity index (χ4n) is 2.01. The van der Waals surface area contributed by atoms with E-state index in [0.29, 0.717) is 26.4 Å². The van der Waals surface area contributed by atoms with Gasteiger partial charge in [-0.15, -0.1) is 15.3 Å². The fourth-order valence-corrected chi connectivity index (χ4v) is 3.01. The van der Waals surface area contributed by atoms with Gasteiger partial charge in [-0.2, -0.15) is 4.52 Å². The Morgan fingerprint density at radius 2 is 2.17 bits per heavy atom. The number of nitrogens with one attached hydrogen (secondary N) is 1. The Kier molecular flexibility index (Phi) is 4.18. The molecule has 0 spiro atoms. The van der Waals surface area contributed by atoms with Gasteiger partial charge in [0.25, 0.3) is 5.91 Å². The van der Waals surface area contributed by atoms with Crippen LogP contribution in [0.15, 0.2) is 18.2 Å². The lowest BCUT2D eigenvalue weighted by atomic mass is 10.2. The van der Waals surface area contributed by atoms with Crippen LogP contribution >= 0.6 is 22.9 Å². The zero-order chi connectivity index (χ0) is 16.6. The van der Waals surface area contributed by atoms with Gasteiger partial charge in [-0.3, -0.25) is 4.79 Å². The summed E-state index contributed by atoms with van der Waals surface area (Å²) in [5.41, 5.74) is 0.566. The van der Waals surface area contributed by atoms with Gasteiger partial charge in [-0.25, -0.2) is 0 Å². The molecule has 0 aliphatic heterocycles. The third-order valence-corrected chi connectivity index (χ3v) is 4.33. The van der Waals surface area contributed by atoms with E-state index in [1.807, 2.05) is 13.8 Å². The molecule has 3 aromatic rings. The maximum Gasteiger partial charge on any atom is 0.286 e. The highest BCUT2D eigenvalue weighted by Gasteiger charge is 2.18. The summed E-state index contributed by atoms with van der Waals surface area (Å²) in [5, 5.41) is 15.9. The Morgan fingerprint density at radius 3 is 2.83 bits per heavy atom. The number of rotatable bonds is 4. The van der Waals surface area contributed by atoms with Gasteiger partial charge in [-0.05, 0) is 18.2 Å². The number of nitrogens with zero attached hydrogens (tertiary/aromatic N) is 4. The van der Waals surface area contributed by atoms with E-state index in [2.05, 4.69) is 20.6 Å². The summed E-state index contributed by atoms with van der Waals surface area (Å²) in [6.45, 7) is 3.99. The maximum absolute atomic E-state index is 12.3. The number of carbonyl (C=O) groups excluding carboxylic acids is 1. The van der Waals surface area contributed by atoms with Crippen molar-refractivity contribution in [2.24, 2.45) is 0 Å². The van der Waals surface area contributed by atoms with Crippen molar-refractivity contribution in [3.8, 4) is 5.75 Å². The zero-order valence-electron chi connectivity index (χ0n) is 12.7. The Hall–Kier alpha value is -2.19. The summed E-state index contributed by atoms with van der Waals surface area (Å²) in [7, 11) is 1.53. The van der Waals surface area contributed by atoms with Crippen LogP contribution in [0.2, 0.25) is 5.02 Å². The number of hydrogen-bond acceptors (Lipinski definition) is 6. The molecular weight excluding hydrogens is 338 g/mol. The molecule has 0 bridgehead atoms. The maximum atomic E-state index is 12.3. The highest BCUT2D eigenvalue weighted by molar-refractivity contribution is 7.18. The monoisotopic (exact) mass is 351 g/mol. The molecule has 1 N–H and O–H groups in total. The topological polar surface area (TPSA) is 81.4 Å². The van der Waals surface area contributed by atoms with Crippen LogP contribution in [-0.2, 0) is 0 Å². The third kappa shape index (κ3) is 2.99. The number of aromatic nitrogens is 4. The average Bonchev–Trinajstić information content (AvgIpc) is 3.07.